The van der Waals surface area contributed by atoms with E-state index in [1.807, 2.05) is 36.4 Å². The molecular formula is C26H27F2N5O. The Kier molecular flexibility index (Phi) is 6.51. The van der Waals surface area contributed by atoms with Gasteiger partial charge in [0.15, 0.2) is 0 Å². The Morgan fingerprint density at radius 2 is 1.71 bits per heavy atom. The first-order valence-corrected chi connectivity index (χ1v) is 11.6. The van der Waals surface area contributed by atoms with Crippen LogP contribution in [0.5, 0.6) is 0 Å². The summed E-state index contributed by atoms with van der Waals surface area (Å²) in [7, 11) is 0. The van der Waals surface area contributed by atoms with Crippen molar-refractivity contribution in [3.63, 3.8) is 0 Å². The maximum atomic E-state index is 13.9. The summed E-state index contributed by atoms with van der Waals surface area (Å²) in [4.78, 5) is 1.73. The van der Waals surface area contributed by atoms with Crippen molar-refractivity contribution in [3.05, 3.63) is 89.5 Å². The van der Waals surface area contributed by atoms with E-state index in [4.69, 9.17) is 0 Å². The van der Waals surface area contributed by atoms with Crippen LogP contribution in [-0.4, -0.2) is 39.4 Å². The standard InChI is InChI=1S/C26H27F2N5O/c27-21-13-18(14-22(28)15-21)16-32(23-7-5-19(6-8-23)20-9-11-29-12-10-20)26(34)17-33-25-4-2-1-3-24(25)30-31-33/h1-8,13-15,20,26,29,34H,9-12,16-17H2. The lowest BCUT2D eigenvalue weighted by Crippen LogP contribution is -2.38. The molecule has 3 aromatic carbocycles. The summed E-state index contributed by atoms with van der Waals surface area (Å²) in [5, 5.41) is 23.0. The number of fused-ring (bicyclic) bond motifs is 1. The fraction of sp³-hybridized carbons (Fsp3) is 0.308. The number of nitrogens with zero attached hydrogens (tertiary/aromatic N) is 4. The van der Waals surface area contributed by atoms with E-state index < -0.39 is 17.9 Å². The average molecular weight is 464 g/mol. The number of halogens is 2. The highest BCUT2D eigenvalue weighted by Gasteiger charge is 2.21. The number of aliphatic hydroxyl groups excluding tert-OH is 1. The van der Waals surface area contributed by atoms with Gasteiger partial charge in [0, 0.05) is 18.3 Å². The minimum absolute atomic E-state index is 0.134. The Bertz CT molecular complexity index is 1230. The number of hydrogen-bond acceptors (Lipinski definition) is 5. The van der Waals surface area contributed by atoms with Crippen LogP contribution in [-0.2, 0) is 13.1 Å². The Morgan fingerprint density at radius 1 is 1.00 bits per heavy atom. The van der Waals surface area contributed by atoms with E-state index in [1.165, 1.54) is 17.7 Å². The second-order valence-corrected chi connectivity index (χ2v) is 8.76. The Labute approximate surface area is 196 Å². The van der Waals surface area contributed by atoms with E-state index in [0.717, 1.165) is 48.7 Å². The second-order valence-electron chi connectivity index (χ2n) is 8.76. The second kappa shape index (κ2) is 9.87. The number of rotatable bonds is 7. The summed E-state index contributed by atoms with van der Waals surface area (Å²) >= 11 is 0. The molecule has 0 saturated carbocycles. The third-order valence-corrected chi connectivity index (χ3v) is 6.43. The Hall–Kier alpha value is -3.36. The molecule has 1 aliphatic rings. The van der Waals surface area contributed by atoms with Gasteiger partial charge >= 0.3 is 0 Å². The maximum Gasteiger partial charge on any atom is 0.147 e. The summed E-state index contributed by atoms with van der Waals surface area (Å²) < 4.78 is 29.4. The first-order valence-electron chi connectivity index (χ1n) is 11.6. The van der Waals surface area contributed by atoms with Crippen LogP contribution in [0.3, 0.4) is 0 Å². The molecule has 8 heteroatoms. The molecule has 0 radical (unpaired) electrons. The molecule has 1 fully saturated rings. The smallest absolute Gasteiger partial charge is 0.147 e. The molecule has 0 bridgehead atoms. The number of hydrogen-bond donors (Lipinski definition) is 2. The highest BCUT2D eigenvalue weighted by molar-refractivity contribution is 5.73. The van der Waals surface area contributed by atoms with E-state index in [2.05, 4.69) is 27.8 Å². The van der Waals surface area contributed by atoms with Crippen molar-refractivity contribution >= 4 is 16.7 Å². The monoisotopic (exact) mass is 463 g/mol. The van der Waals surface area contributed by atoms with Gasteiger partial charge in [-0.3, -0.25) is 0 Å². The molecule has 0 aliphatic carbocycles. The maximum absolute atomic E-state index is 13.9. The number of aliphatic hydroxyl groups is 1. The normalized spacial score (nSPS) is 15.5. The van der Waals surface area contributed by atoms with E-state index in [0.29, 0.717) is 11.5 Å². The highest BCUT2D eigenvalue weighted by Crippen LogP contribution is 2.29. The van der Waals surface area contributed by atoms with Gasteiger partial charge < -0.3 is 15.3 Å². The van der Waals surface area contributed by atoms with Gasteiger partial charge in [0.1, 0.15) is 23.4 Å². The molecule has 0 spiro atoms. The van der Waals surface area contributed by atoms with Gasteiger partial charge in [-0.25, -0.2) is 13.5 Å². The van der Waals surface area contributed by atoms with Gasteiger partial charge in [0.2, 0.25) is 0 Å². The number of anilines is 1. The van der Waals surface area contributed by atoms with Crippen LogP contribution in [0, 0.1) is 11.6 Å². The van der Waals surface area contributed by atoms with Crippen molar-refractivity contribution in [1.29, 1.82) is 0 Å². The van der Waals surface area contributed by atoms with Crippen molar-refractivity contribution in [3.8, 4) is 0 Å². The van der Waals surface area contributed by atoms with Gasteiger partial charge in [-0.05, 0) is 79.4 Å². The van der Waals surface area contributed by atoms with E-state index in [9.17, 15) is 13.9 Å². The number of aromatic nitrogens is 3. The molecule has 1 aliphatic heterocycles. The minimum Gasteiger partial charge on any atom is -0.372 e. The molecule has 34 heavy (non-hydrogen) atoms. The van der Waals surface area contributed by atoms with Crippen LogP contribution in [0.25, 0.3) is 11.0 Å². The fourth-order valence-electron chi connectivity index (χ4n) is 4.67. The van der Waals surface area contributed by atoms with Gasteiger partial charge in [0.05, 0.1) is 12.1 Å². The lowest BCUT2D eigenvalue weighted by molar-refractivity contribution is 0.143. The van der Waals surface area contributed by atoms with Crippen molar-refractivity contribution in [2.24, 2.45) is 0 Å². The van der Waals surface area contributed by atoms with E-state index >= 15 is 0 Å². The number of piperidine rings is 1. The molecule has 1 aromatic heterocycles. The molecule has 2 N–H and O–H groups in total. The number of para-hydroxylation sites is 1. The SMILES string of the molecule is OC(Cn1nnc2ccccc21)N(Cc1cc(F)cc(F)c1)c1ccc(C2CCNCC2)cc1. The lowest BCUT2D eigenvalue weighted by atomic mass is 9.90. The predicted octanol–water partition coefficient (Wildman–Crippen LogP) is 4.20. The van der Waals surface area contributed by atoms with Crippen LogP contribution in [0.15, 0.2) is 66.7 Å². The number of nitrogens with one attached hydrogen (secondary N) is 1. The molecule has 176 valence electrons. The van der Waals surface area contributed by atoms with Crippen LogP contribution >= 0.6 is 0 Å². The van der Waals surface area contributed by atoms with Crippen molar-refractivity contribution in [1.82, 2.24) is 20.3 Å². The molecular weight excluding hydrogens is 436 g/mol. The zero-order valence-electron chi connectivity index (χ0n) is 18.7. The van der Waals surface area contributed by atoms with Gasteiger partial charge in [-0.2, -0.15) is 0 Å². The predicted molar refractivity (Wildman–Crippen MR) is 127 cm³/mol. The zero-order chi connectivity index (χ0) is 23.5. The van der Waals surface area contributed by atoms with Crippen molar-refractivity contribution in [2.45, 2.75) is 38.1 Å². The first-order chi connectivity index (χ1) is 16.6. The summed E-state index contributed by atoms with van der Waals surface area (Å²) in [6.07, 6.45) is 1.18. The Balaban J connectivity index is 1.43. The van der Waals surface area contributed by atoms with E-state index in [1.54, 1.807) is 9.58 Å². The van der Waals surface area contributed by atoms with Gasteiger partial charge in [-0.1, -0.05) is 29.5 Å². The molecule has 1 atom stereocenters. The van der Waals surface area contributed by atoms with Crippen LogP contribution < -0.4 is 10.2 Å². The lowest BCUT2D eigenvalue weighted by Gasteiger charge is -2.31. The molecule has 6 nitrogen and oxygen atoms in total. The molecule has 5 rings (SSSR count). The molecule has 1 saturated heterocycles. The highest BCUT2D eigenvalue weighted by atomic mass is 19.1. The molecule has 0 amide bonds. The third kappa shape index (κ3) is 4.93. The fourth-order valence-corrected chi connectivity index (χ4v) is 4.67. The van der Waals surface area contributed by atoms with Gasteiger partial charge in [0.25, 0.3) is 0 Å². The average Bonchev–Trinajstić information content (AvgIpc) is 3.25. The first kappa shape index (κ1) is 22.4. The Morgan fingerprint density at radius 3 is 2.44 bits per heavy atom. The molecule has 2 heterocycles. The zero-order valence-corrected chi connectivity index (χ0v) is 18.7. The van der Waals surface area contributed by atoms with Crippen LogP contribution in [0.4, 0.5) is 14.5 Å². The number of benzene rings is 3. The van der Waals surface area contributed by atoms with Crippen molar-refractivity contribution < 1.29 is 13.9 Å². The molecule has 1 unspecified atom stereocenters. The minimum atomic E-state index is -0.999. The summed E-state index contributed by atoms with van der Waals surface area (Å²) in [5.74, 6) is -0.784. The van der Waals surface area contributed by atoms with Gasteiger partial charge in [-0.15, -0.1) is 5.10 Å². The molecule has 4 aromatic rings. The van der Waals surface area contributed by atoms with Crippen molar-refractivity contribution in [2.75, 3.05) is 18.0 Å². The van der Waals surface area contributed by atoms with Crippen LogP contribution in [0.1, 0.15) is 29.9 Å². The van der Waals surface area contributed by atoms with Crippen LogP contribution in [0.2, 0.25) is 0 Å². The van der Waals surface area contributed by atoms with E-state index in [-0.39, 0.29) is 13.1 Å². The third-order valence-electron chi connectivity index (χ3n) is 6.43. The quantitative estimate of drug-likeness (QED) is 0.402. The summed E-state index contributed by atoms with van der Waals surface area (Å²) in [6, 6.07) is 19.1. The summed E-state index contributed by atoms with van der Waals surface area (Å²) in [5.41, 5.74) is 4.00. The largest absolute Gasteiger partial charge is 0.372 e. The topological polar surface area (TPSA) is 66.2 Å². The summed E-state index contributed by atoms with van der Waals surface area (Å²) in [6.45, 7) is 2.30.